The topological polar surface area (TPSA) is 72.9 Å². The fraction of sp³-hybridized carbons (Fsp3) is 0.435. The van der Waals surface area contributed by atoms with Crippen LogP contribution in [-0.2, 0) is 40.4 Å². The van der Waals surface area contributed by atoms with E-state index in [4.69, 9.17) is 9.47 Å². The van der Waals surface area contributed by atoms with Crippen molar-refractivity contribution in [2.24, 2.45) is 0 Å². The number of ether oxygens (including phenoxy) is 2. The number of methoxy groups -OCH3 is 2. The maximum atomic E-state index is 12.8. The zero-order valence-corrected chi connectivity index (χ0v) is 18.3. The minimum atomic E-state index is -3.48. The van der Waals surface area contributed by atoms with E-state index in [0.29, 0.717) is 35.9 Å². The Morgan fingerprint density at radius 1 is 0.933 bits per heavy atom. The maximum absolute atomic E-state index is 12.8. The fourth-order valence-corrected chi connectivity index (χ4v) is 5.61. The Bertz CT molecular complexity index is 1080. The van der Waals surface area contributed by atoms with E-state index in [2.05, 4.69) is 0 Å². The first-order chi connectivity index (χ1) is 14.4. The average Bonchev–Trinajstić information content (AvgIpc) is 3.24. The molecule has 0 N–H and O–H groups in total. The molecule has 6 nitrogen and oxygen atoms in total. The highest BCUT2D eigenvalue weighted by molar-refractivity contribution is 7.91. The lowest BCUT2D eigenvalue weighted by Gasteiger charge is -2.29. The van der Waals surface area contributed by atoms with E-state index in [9.17, 15) is 13.2 Å². The van der Waals surface area contributed by atoms with Crippen LogP contribution >= 0.6 is 0 Å². The minimum Gasteiger partial charge on any atom is -0.493 e. The number of benzene rings is 2. The third-order valence-corrected chi connectivity index (χ3v) is 7.80. The summed E-state index contributed by atoms with van der Waals surface area (Å²) in [6.07, 6.45) is 3.71. The second kappa shape index (κ2) is 8.30. The summed E-state index contributed by atoms with van der Waals surface area (Å²) in [5.74, 6) is 1.00. The third-order valence-electron chi connectivity index (χ3n) is 6.08. The molecule has 0 unspecified atom stereocenters. The molecule has 0 bridgehead atoms. The molecule has 160 valence electrons. The Morgan fingerprint density at radius 3 is 2.33 bits per heavy atom. The van der Waals surface area contributed by atoms with Crippen LogP contribution in [0.1, 0.15) is 35.1 Å². The van der Waals surface area contributed by atoms with Crippen LogP contribution in [0.15, 0.2) is 35.2 Å². The summed E-state index contributed by atoms with van der Waals surface area (Å²) in [5, 5.41) is 0. The molecule has 0 fully saturated rings. The van der Waals surface area contributed by atoms with E-state index in [-0.39, 0.29) is 18.1 Å². The minimum absolute atomic E-state index is 0.0119. The van der Waals surface area contributed by atoms with Gasteiger partial charge in [-0.15, -0.1) is 0 Å². The summed E-state index contributed by atoms with van der Waals surface area (Å²) in [7, 11) is -0.295. The van der Waals surface area contributed by atoms with Gasteiger partial charge in [0.2, 0.25) is 5.91 Å². The molecule has 0 atom stereocenters. The molecule has 2 aliphatic rings. The van der Waals surface area contributed by atoms with Gasteiger partial charge in [0, 0.05) is 19.5 Å². The van der Waals surface area contributed by atoms with E-state index >= 15 is 0 Å². The predicted molar refractivity (Wildman–Crippen MR) is 114 cm³/mol. The van der Waals surface area contributed by atoms with E-state index in [1.54, 1.807) is 31.3 Å². The molecule has 0 saturated heterocycles. The summed E-state index contributed by atoms with van der Waals surface area (Å²) in [6.45, 7) is 1.02. The summed E-state index contributed by atoms with van der Waals surface area (Å²) in [5.41, 5.74) is 4.50. The Hall–Kier alpha value is -2.54. The third kappa shape index (κ3) is 4.03. The van der Waals surface area contributed by atoms with Crippen LogP contribution < -0.4 is 9.47 Å². The van der Waals surface area contributed by atoms with Gasteiger partial charge in [-0.1, -0.05) is 6.07 Å². The molecule has 0 radical (unpaired) electrons. The molecule has 1 aliphatic heterocycles. The molecule has 1 heterocycles. The van der Waals surface area contributed by atoms with E-state index in [1.807, 2.05) is 18.2 Å². The van der Waals surface area contributed by atoms with Crippen molar-refractivity contribution in [3.05, 3.63) is 52.6 Å². The lowest BCUT2D eigenvalue weighted by atomic mass is 9.98. The lowest BCUT2D eigenvalue weighted by molar-refractivity contribution is -0.131. The number of rotatable bonds is 6. The average molecular weight is 430 g/mol. The van der Waals surface area contributed by atoms with Crippen LogP contribution in [0.5, 0.6) is 11.5 Å². The van der Waals surface area contributed by atoms with Crippen molar-refractivity contribution in [2.75, 3.05) is 26.5 Å². The normalized spacial score (nSPS) is 15.5. The van der Waals surface area contributed by atoms with Crippen LogP contribution in [0.3, 0.4) is 0 Å². The SMILES string of the molecule is COc1cc2c(cc1OC)CN(C(=O)CCS(=O)(=O)c1ccc3c(c1)CCC3)CC2. The Morgan fingerprint density at radius 2 is 1.60 bits per heavy atom. The lowest BCUT2D eigenvalue weighted by Crippen LogP contribution is -2.36. The van der Waals surface area contributed by atoms with Gasteiger partial charge < -0.3 is 14.4 Å². The second-order valence-electron chi connectivity index (χ2n) is 7.89. The highest BCUT2D eigenvalue weighted by Crippen LogP contribution is 2.33. The summed E-state index contributed by atoms with van der Waals surface area (Å²) in [4.78, 5) is 14.8. The van der Waals surface area contributed by atoms with Crippen LogP contribution in [0.25, 0.3) is 0 Å². The molecule has 4 rings (SSSR count). The maximum Gasteiger partial charge on any atom is 0.223 e. The van der Waals surface area contributed by atoms with Crippen molar-refractivity contribution in [2.45, 2.75) is 43.5 Å². The van der Waals surface area contributed by atoms with Crippen molar-refractivity contribution < 1.29 is 22.7 Å². The van der Waals surface area contributed by atoms with Gasteiger partial charge in [-0.05, 0) is 72.2 Å². The first-order valence-electron chi connectivity index (χ1n) is 10.3. The highest BCUT2D eigenvalue weighted by Gasteiger charge is 2.25. The Labute approximate surface area is 177 Å². The number of amides is 1. The molecule has 1 aliphatic carbocycles. The van der Waals surface area contributed by atoms with Crippen LogP contribution in [0, 0.1) is 0 Å². The number of aryl methyl sites for hydroxylation is 2. The van der Waals surface area contributed by atoms with Crippen molar-refractivity contribution >= 4 is 15.7 Å². The smallest absolute Gasteiger partial charge is 0.223 e. The van der Waals surface area contributed by atoms with Crippen molar-refractivity contribution in [1.82, 2.24) is 4.90 Å². The Balaban J connectivity index is 1.42. The van der Waals surface area contributed by atoms with Crippen LogP contribution in [0.2, 0.25) is 0 Å². The highest BCUT2D eigenvalue weighted by atomic mass is 32.2. The molecule has 2 aromatic rings. The van der Waals surface area contributed by atoms with Gasteiger partial charge in [-0.3, -0.25) is 4.79 Å². The molecular weight excluding hydrogens is 402 g/mol. The number of hydrogen-bond acceptors (Lipinski definition) is 5. The van der Waals surface area contributed by atoms with Gasteiger partial charge in [0.05, 0.1) is 24.9 Å². The van der Waals surface area contributed by atoms with E-state index in [1.165, 1.54) is 5.56 Å². The molecule has 1 amide bonds. The fourth-order valence-electron chi connectivity index (χ4n) is 4.34. The molecule has 0 aromatic heterocycles. The molecule has 30 heavy (non-hydrogen) atoms. The predicted octanol–water partition coefficient (Wildman–Crippen LogP) is 2.94. The summed E-state index contributed by atoms with van der Waals surface area (Å²) < 4.78 is 36.3. The van der Waals surface area contributed by atoms with Gasteiger partial charge in [0.1, 0.15) is 0 Å². The monoisotopic (exact) mass is 429 g/mol. The van der Waals surface area contributed by atoms with Crippen LogP contribution in [-0.4, -0.2) is 45.7 Å². The first-order valence-corrected chi connectivity index (χ1v) is 11.9. The largest absolute Gasteiger partial charge is 0.493 e. The molecule has 0 spiro atoms. The van der Waals surface area contributed by atoms with Gasteiger partial charge in [-0.25, -0.2) is 8.42 Å². The van der Waals surface area contributed by atoms with Gasteiger partial charge in [-0.2, -0.15) is 0 Å². The van der Waals surface area contributed by atoms with Crippen molar-refractivity contribution in [1.29, 1.82) is 0 Å². The van der Waals surface area contributed by atoms with E-state index in [0.717, 1.165) is 36.0 Å². The second-order valence-corrected chi connectivity index (χ2v) is 10.0. The number of carbonyl (C=O) groups excluding carboxylic acids is 1. The zero-order chi connectivity index (χ0) is 21.3. The quantitative estimate of drug-likeness (QED) is 0.706. The molecular formula is C23H27NO5S. The van der Waals surface area contributed by atoms with Gasteiger partial charge in [0.25, 0.3) is 0 Å². The summed E-state index contributed by atoms with van der Waals surface area (Å²) >= 11 is 0. The number of fused-ring (bicyclic) bond motifs is 2. The van der Waals surface area contributed by atoms with Gasteiger partial charge >= 0.3 is 0 Å². The summed E-state index contributed by atoms with van der Waals surface area (Å²) in [6, 6.07) is 9.24. The zero-order valence-electron chi connectivity index (χ0n) is 17.4. The van der Waals surface area contributed by atoms with E-state index < -0.39 is 9.84 Å². The van der Waals surface area contributed by atoms with Crippen molar-refractivity contribution in [3.63, 3.8) is 0 Å². The Kier molecular flexibility index (Phi) is 5.73. The molecule has 0 saturated carbocycles. The number of hydrogen-bond donors (Lipinski definition) is 0. The first kappa shape index (κ1) is 20.7. The number of carbonyl (C=O) groups is 1. The number of nitrogens with zero attached hydrogens (tertiary/aromatic N) is 1. The van der Waals surface area contributed by atoms with Crippen LogP contribution in [0.4, 0.5) is 0 Å². The molecule has 7 heteroatoms. The van der Waals surface area contributed by atoms with Crippen molar-refractivity contribution in [3.8, 4) is 11.5 Å². The van der Waals surface area contributed by atoms with Gasteiger partial charge in [0.15, 0.2) is 21.3 Å². The number of sulfone groups is 1. The standard InChI is InChI=1S/C23H27NO5S/c1-28-21-13-18-8-10-24(15-19(18)14-22(21)29-2)23(25)9-11-30(26,27)20-7-6-16-4-3-5-17(16)12-20/h6-7,12-14H,3-5,8-11,15H2,1-2H3. The molecule has 2 aromatic carbocycles.